The topological polar surface area (TPSA) is 251 Å². The van der Waals surface area contributed by atoms with Crippen molar-refractivity contribution < 1.29 is 44.1 Å². The lowest BCUT2D eigenvalue weighted by molar-refractivity contribution is -0.143. The van der Waals surface area contributed by atoms with Gasteiger partial charge in [-0.15, -0.1) is 0 Å². The number of amides is 4. The van der Waals surface area contributed by atoms with Crippen LogP contribution in [0.5, 0.6) is 0 Å². The Morgan fingerprint density at radius 1 is 0.875 bits per heavy atom. The molecule has 15 heteroatoms. The first-order valence-electron chi connectivity index (χ1n) is 9.42. The van der Waals surface area contributed by atoms with Crippen molar-refractivity contribution in [2.75, 3.05) is 18.6 Å². The predicted octanol–water partition coefficient (Wildman–Crippen LogP) is -3.66. The molecule has 0 aromatic carbocycles. The van der Waals surface area contributed by atoms with Crippen LogP contribution in [0.2, 0.25) is 0 Å². The van der Waals surface area contributed by atoms with Gasteiger partial charge < -0.3 is 42.7 Å². The monoisotopic (exact) mass is 479 g/mol. The normalized spacial score (nSPS) is 14.3. The number of aliphatic hydroxyl groups is 1. The molecular formula is C17H29N5O9S. The van der Waals surface area contributed by atoms with Gasteiger partial charge >= 0.3 is 11.9 Å². The summed E-state index contributed by atoms with van der Waals surface area (Å²) in [6, 6.07) is -5.60. The zero-order valence-corrected chi connectivity index (χ0v) is 18.2. The molecule has 0 rings (SSSR count). The summed E-state index contributed by atoms with van der Waals surface area (Å²) in [5.74, 6) is -6.04. The van der Waals surface area contributed by atoms with E-state index < -0.39 is 79.2 Å². The molecule has 4 amide bonds. The van der Waals surface area contributed by atoms with Gasteiger partial charge in [0.2, 0.25) is 23.6 Å². The molecule has 0 aliphatic carbocycles. The van der Waals surface area contributed by atoms with E-state index in [1.807, 2.05) is 0 Å². The van der Waals surface area contributed by atoms with E-state index in [1.165, 1.54) is 11.8 Å². The fourth-order valence-corrected chi connectivity index (χ4v) is 2.82. The molecule has 14 nitrogen and oxygen atoms in total. The van der Waals surface area contributed by atoms with Gasteiger partial charge in [-0.05, 0) is 24.9 Å². The van der Waals surface area contributed by atoms with Crippen LogP contribution >= 0.6 is 11.8 Å². The summed E-state index contributed by atoms with van der Waals surface area (Å²) in [5, 5.41) is 33.7. The van der Waals surface area contributed by atoms with Crippen molar-refractivity contribution in [3.8, 4) is 0 Å². The van der Waals surface area contributed by atoms with E-state index in [2.05, 4.69) is 16.0 Å². The summed E-state index contributed by atoms with van der Waals surface area (Å²) in [6.07, 6.45) is 0.309. The van der Waals surface area contributed by atoms with Crippen LogP contribution in [0.25, 0.3) is 0 Å². The van der Waals surface area contributed by atoms with Crippen LogP contribution in [0.3, 0.4) is 0 Å². The van der Waals surface area contributed by atoms with Crippen molar-refractivity contribution >= 4 is 47.3 Å². The number of carbonyl (C=O) groups is 6. The van der Waals surface area contributed by atoms with Gasteiger partial charge in [-0.1, -0.05) is 0 Å². The summed E-state index contributed by atoms with van der Waals surface area (Å²) in [7, 11) is 0. The number of primary amides is 1. The third-order valence-electron chi connectivity index (χ3n) is 4.08. The maximum atomic E-state index is 12.7. The van der Waals surface area contributed by atoms with Crippen LogP contribution in [0.15, 0.2) is 0 Å². The van der Waals surface area contributed by atoms with Crippen molar-refractivity contribution in [2.45, 2.75) is 49.9 Å². The SMILES string of the molecule is CSCCC(NC(=O)C(CCC(=O)O)NC(=O)C(N)CO)C(=O)NC(CC(N)=O)C(=O)O. The average molecular weight is 480 g/mol. The molecule has 0 fully saturated rings. The van der Waals surface area contributed by atoms with Crippen LogP contribution in [-0.4, -0.2) is 93.7 Å². The zero-order valence-electron chi connectivity index (χ0n) is 17.4. The number of nitrogens with one attached hydrogen (secondary N) is 3. The van der Waals surface area contributed by atoms with Crippen LogP contribution in [0.4, 0.5) is 0 Å². The minimum atomic E-state index is -1.61. The van der Waals surface area contributed by atoms with Gasteiger partial charge in [0.15, 0.2) is 0 Å². The molecule has 0 aliphatic rings. The first-order valence-corrected chi connectivity index (χ1v) is 10.8. The van der Waals surface area contributed by atoms with Crippen molar-refractivity contribution in [3.63, 3.8) is 0 Å². The molecular weight excluding hydrogens is 450 g/mol. The number of carboxylic acids is 2. The van der Waals surface area contributed by atoms with Gasteiger partial charge in [-0.25, -0.2) is 4.79 Å². The second-order valence-corrected chi connectivity index (χ2v) is 7.68. The molecule has 4 unspecified atom stereocenters. The highest BCUT2D eigenvalue weighted by atomic mass is 32.2. The second-order valence-electron chi connectivity index (χ2n) is 6.70. The number of carboxylic acid groups (broad SMARTS) is 2. The fourth-order valence-electron chi connectivity index (χ4n) is 2.35. The second kappa shape index (κ2) is 15.0. The molecule has 10 N–H and O–H groups in total. The minimum Gasteiger partial charge on any atom is -0.481 e. The van der Waals surface area contributed by atoms with Gasteiger partial charge in [-0.3, -0.25) is 24.0 Å². The third kappa shape index (κ3) is 11.5. The fraction of sp³-hybridized carbons (Fsp3) is 0.647. The van der Waals surface area contributed by atoms with Crippen molar-refractivity contribution in [1.29, 1.82) is 0 Å². The Labute approximate surface area is 187 Å². The number of carbonyl (C=O) groups excluding carboxylic acids is 4. The van der Waals surface area contributed by atoms with Gasteiger partial charge in [0.25, 0.3) is 0 Å². The predicted molar refractivity (Wildman–Crippen MR) is 112 cm³/mol. The number of thioether (sulfide) groups is 1. The highest BCUT2D eigenvalue weighted by Gasteiger charge is 2.30. The van der Waals surface area contributed by atoms with Crippen LogP contribution in [0, 0.1) is 0 Å². The summed E-state index contributed by atoms with van der Waals surface area (Å²) in [4.78, 5) is 70.3. The van der Waals surface area contributed by atoms with Crippen molar-refractivity contribution in [1.82, 2.24) is 16.0 Å². The molecule has 0 spiro atoms. The first-order chi connectivity index (χ1) is 14.9. The molecule has 0 saturated heterocycles. The van der Waals surface area contributed by atoms with Gasteiger partial charge in [0.1, 0.15) is 24.2 Å². The lowest BCUT2D eigenvalue weighted by Crippen LogP contribution is -2.57. The highest BCUT2D eigenvalue weighted by Crippen LogP contribution is 2.06. The molecule has 0 radical (unpaired) electrons. The number of rotatable bonds is 16. The number of aliphatic carboxylic acids is 2. The van der Waals surface area contributed by atoms with Gasteiger partial charge in [0.05, 0.1) is 13.0 Å². The van der Waals surface area contributed by atoms with Gasteiger partial charge in [-0.2, -0.15) is 11.8 Å². The van der Waals surface area contributed by atoms with E-state index in [1.54, 1.807) is 6.26 Å². The van der Waals surface area contributed by atoms with Crippen LogP contribution in [0.1, 0.15) is 25.7 Å². The van der Waals surface area contributed by atoms with Crippen LogP contribution in [-0.2, 0) is 28.8 Å². The number of nitrogens with two attached hydrogens (primary N) is 2. The van der Waals surface area contributed by atoms with Gasteiger partial charge in [0, 0.05) is 6.42 Å². The van der Waals surface area contributed by atoms with E-state index in [4.69, 9.17) is 26.8 Å². The zero-order chi connectivity index (χ0) is 24.8. The highest BCUT2D eigenvalue weighted by molar-refractivity contribution is 7.98. The Hall–Kier alpha value is -2.91. The number of aliphatic hydroxyl groups excluding tert-OH is 1. The summed E-state index contributed by atoms with van der Waals surface area (Å²) >= 11 is 1.34. The standard InChI is InChI=1S/C17H29N5O9S/c1-32-5-4-10(16(29)22-11(17(30)31)6-12(19)24)21-15(28)9(2-3-13(25)26)20-14(27)8(18)7-23/h8-11,23H,2-7,18H2,1H3,(H2,19,24)(H,20,27)(H,21,28)(H,22,29)(H,25,26)(H,30,31). The summed E-state index contributed by atoms with van der Waals surface area (Å²) in [5.41, 5.74) is 10.4. The van der Waals surface area contributed by atoms with Crippen LogP contribution < -0.4 is 27.4 Å². The Bertz CT molecular complexity index is 706. The lowest BCUT2D eigenvalue weighted by Gasteiger charge is -2.24. The minimum absolute atomic E-state index is 0.0669. The van der Waals surface area contributed by atoms with E-state index in [0.29, 0.717) is 5.75 Å². The molecule has 182 valence electrons. The number of hydrogen-bond acceptors (Lipinski definition) is 9. The maximum Gasteiger partial charge on any atom is 0.326 e. The Balaban J connectivity index is 5.48. The quantitative estimate of drug-likeness (QED) is 0.107. The Kier molecular flexibility index (Phi) is 13.6. The number of hydrogen-bond donors (Lipinski definition) is 8. The molecule has 0 heterocycles. The molecule has 0 aliphatic heterocycles. The lowest BCUT2D eigenvalue weighted by atomic mass is 10.1. The summed E-state index contributed by atoms with van der Waals surface area (Å²) in [6.45, 7) is -0.714. The van der Waals surface area contributed by atoms with Crippen molar-refractivity contribution in [3.05, 3.63) is 0 Å². The first kappa shape index (κ1) is 29.1. The molecule has 4 atom stereocenters. The molecule has 0 aromatic rings. The summed E-state index contributed by atoms with van der Waals surface area (Å²) < 4.78 is 0. The smallest absolute Gasteiger partial charge is 0.326 e. The van der Waals surface area contributed by atoms with E-state index in [0.717, 1.165) is 0 Å². The molecule has 32 heavy (non-hydrogen) atoms. The van der Waals surface area contributed by atoms with E-state index in [9.17, 15) is 28.8 Å². The average Bonchev–Trinajstić information content (AvgIpc) is 2.71. The molecule has 0 saturated carbocycles. The Morgan fingerprint density at radius 2 is 1.38 bits per heavy atom. The molecule has 0 aromatic heterocycles. The largest absolute Gasteiger partial charge is 0.481 e. The Morgan fingerprint density at radius 3 is 1.81 bits per heavy atom. The maximum absolute atomic E-state index is 12.7. The third-order valence-corrected chi connectivity index (χ3v) is 4.72. The van der Waals surface area contributed by atoms with E-state index in [-0.39, 0.29) is 12.8 Å². The molecule has 0 bridgehead atoms. The van der Waals surface area contributed by atoms with Crippen molar-refractivity contribution in [2.24, 2.45) is 11.5 Å². The van der Waals surface area contributed by atoms with E-state index >= 15 is 0 Å².